The van der Waals surface area contributed by atoms with Crippen LogP contribution in [-0.4, -0.2) is 30.1 Å². The molecule has 0 spiro atoms. The number of hydrogen-bond acceptors (Lipinski definition) is 5. The Kier molecular flexibility index (Phi) is 5.18. The highest BCUT2D eigenvalue weighted by Gasteiger charge is 2.24. The van der Waals surface area contributed by atoms with E-state index in [0.29, 0.717) is 4.88 Å². The highest BCUT2D eigenvalue weighted by Crippen LogP contribution is 2.31. The highest BCUT2D eigenvalue weighted by atomic mass is 32.1. The molecular formula is C15H20N2O4S. The van der Waals surface area contributed by atoms with Gasteiger partial charge < -0.3 is 10.1 Å². The van der Waals surface area contributed by atoms with E-state index in [1.54, 1.807) is 13.8 Å². The van der Waals surface area contributed by atoms with Crippen molar-refractivity contribution in [2.75, 3.05) is 0 Å². The summed E-state index contributed by atoms with van der Waals surface area (Å²) in [6.07, 6.45) is 2.09. The van der Waals surface area contributed by atoms with Crippen LogP contribution in [0.25, 0.3) is 0 Å². The molecule has 3 amide bonds. The van der Waals surface area contributed by atoms with Gasteiger partial charge in [0.2, 0.25) is 0 Å². The lowest BCUT2D eigenvalue weighted by molar-refractivity contribution is -0.127. The minimum absolute atomic E-state index is 0.0841. The van der Waals surface area contributed by atoms with Crippen molar-refractivity contribution in [2.24, 2.45) is 0 Å². The Morgan fingerprint density at radius 3 is 2.59 bits per heavy atom. The van der Waals surface area contributed by atoms with E-state index in [1.165, 1.54) is 28.7 Å². The number of imide groups is 1. The Balaban J connectivity index is 1.87. The van der Waals surface area contributed by atoms with E-state index in [0.717, 1.165) is 19.3 Å². The molecule has 0 saturated carbocycles. The van der Waals surface area contributed by atoms with E-state index in [-0.39, 0.29) is 6.04 Å². The smallest absolute Gasteiger partial charge is 0.349 e. The predicted molar refractivity (Wildman–Crippen MR) is 83.0 cm³/mol. The SMILES string of the molecule is CC(C)NC(=O)NC(=O)[C@H](C)OC(=O)c1cc2c(s1)CCC2. The topological polar surface area (TPSA) is 84.5 Å². The molecule has 22 heavy (non-hydrogen) atoms. The van der Waals surface area contributed by atoms with Crippen LogP contribution in [0.1, 0.15) is 47.3 Å². The van der Waals surface area contributed by atoms with Crippen LogP contribution < -0.4 is 10.6 Å². The Morgan fingerprint density at radius 1 is 1.23 bits per heavy atom. The molecule has 0 aromatic carbocycles. The summed E-state index contributed by atoms with van der Waals surface area (Å²) in [7, 11) is 0. The molecule has 7 heteroatoms. The van der Waals surface area contributed by atoms with Crippen molar-refractivity contribution in [3.8, 4) is 0 Å². The molecule has 6 nitrogen and oxygen atoms in total. The van der Waals surface area contributed by atoms with Gasteiger partial charge in [0.05, 0.1) is 0 Å². The van der Waals surface area contributed by atoms with Crippen LogP contribution in [-0.2, 0) is 22.4 Å². The van der Waals surface area contributed by atoms with Crippen molar-refractivity contribution >= 4 is 29.2 Å². The Morgan fingerprint density at radius 2 is 1.95 bits per heavy atom. The van der Waals surface area contributed by atoms with Crippen molar-refractivity contribution in [3.63, 3.8) is 0 Å². The van der Waals surface area contributed by atoms with Crippen molar-refractivity contribution in [1.29, 1.82) is 0 Å². The molecule has 2 rings (SSSR count). The molecule has 0 radical (unpaired) electrons. The van der Waals surface area contributed by atoms with Crippen molar-refractivity contribution < 1.29 is 19.1 Å². The average molecular weight is 324 g/mol. The molecule has 120 valence electrons. The lowest BCUT2D eigenvalue weighted by Crippen LogP contribution is -2.46. The van der Waals surface area contributed by atoms with E-state index in [1.807, 2.05) is 6.07 Å². The van der Waals surface area contributed by atoms with Gasteiger partial charge in [-0.1, -0.05) is 0 Å². The first-order valence-corrected chi connectivity index (χ1v) is 8.12. The zero-order valence-corrected chi connectivity index (χ0v) is 13.7. The Bertz CT molecular complexity index is 573. The number of rotatable bonds is 4. The van der Waals surface area contributed by atoms with Crippen LogP contribution in [0, 0.1) is 0 Å². The number of nitrogens with one attached hydrogen (secondary N) is 2. The van der Waals surface area contributed by atoms with Gasteiger partial charge in [-0.25, -0.2) is 9.59 Å². The standard InChI is InChI=1S/C15H20N2O4S/c1-8(2)16-15(20)17-13(18)9(3)21-14(19)12-7-10-5-4-6-11(10)22-12/h7-9H,4-6H2,1-3H3,(H2,16,17,18,20)/t9-/m0/s1. The molecule has 1 aromatic heterocycles. The van der Waals surface area contributed by atoms with Crippen LogP contribution in [0.4, 0.5) is 4.79 Å². The van der Waals surface area contributed by atoms with Crippen molar-refractivity contribution in [2.45, 2.75) is 52.2 Å². The molecule has 0 aliphatic heterocycles. The van der Waals surface area contributed by atoms with E-state index >= 15 is 0 Å². The maximum atomic E-state index is 12.0. The zero-order valence-electron chi connectivity index (χ0n) is 12.9. The number of aryl methyl sites for hydroxylation is 2. The van der Waals surface area contributed by atoms with Gasteiger partial charge >= 0.3 is 12.0 Å². The van der Waals surface area contributed by atoms with Gasteiger partial charge in [-0.2, -0.15) is 0 Å². The summed E-state index contributed by atoms with van der Waals surface area (Å²) in [5, 5.41) is 4.67. The van der Waals surface area contributed by atoms with Gasteiger partial charge in [-0.3, -0.25) is 10.1 Å². The maximum absolute atomic E-state index is 12.0. The molecular weight excluding hydrogens is 304 g/mol. The fraction of sp³-hybridized carbons (Fsp3) is 0.533. The largest absolute Gasteiger partial charge is 0.448 e. The number of urea groups is 1. The van der Waals surface area contributed by atoms with Gasteiger partial charge in [0.15, 0.2) is 6.10 Å². The summed E-state index contributed by atoms with van der Waals surface area (Å²) in [4.78, 5) is 37.0. The van der Waals surface area contributed by atoms with Crippen LogP contribution in [0.15, 0.2) is 6.07 Å². The minimum Gasteiger partial charge on any atom is -0.448 e. The van der Waals surface area contributed by atoms with E-state index in [2.05, 4.69) is 10.6 Å². The normalized spacial score (nSPS) is 14.4. The quantitative estimate of drug-likeness (QED) is 0.830. The maximum Gasteiger partial charge on any atom is 0.349 e. The first-order valence-electron chi connectivity index (χ1n) is 7.30. The second kappa shape index (κ2) is 6.91. The number of hydrogen-bond donors (Lipinski definition) is 2. The number of ether oxygens (including phenoxy) is 1. The fourth-order valence-corrected chi connectivity index (χ4v) is 3.35. The molecule has 2 N–H and O–H groups in total. The van der Waals surface area contributed by atoms with Gasteiger partial charge in [0.1, 0.15) is 4.88 Å². The van der Waals surface area contributed by atoms with E-state index in [4.69, 9.17) is 4.74 Å². The first kappa shape index (κ1) is 16.5. The molecule has 0 bridgehead atoms. The molecule has 0 unspecified atom stereocenters. The summed E-state index contributed by atoms with van der Waals surface area (Å²) in [5.74, 6) is -1.16. The van der Waals surface area contributed by atoms with Crippen LogP contribution >= 0.6 is 11.3 Å². The van der Waals surface area contributed by atoms with Gasteiger partial charge in [-0.05, 0) is 51.7 Å². The fourth-order valence-electron chi connectivity index (χ4n) is 2.21. The summed E-state index contributed by atoms with van der Waals surface area (Å²) < 4.78 is 5.12. The zero-order chi connectivity index (χ0) is 16.3. The third kappa shape index (κ3) is 4.07. The van der Waals surface area contributed by atoms with E-state index in [9.17, 15) is 14.4 Å². The minimum atomic E-state index is -1.03. The second-order valence-corrected chi connectivity index (χ2v) is 6.71. The van der Waals surface area contributed by atoms with Crippen molar-refractivity contribution in [3.05, 3.63) is 21.4 Å². The number of thiophene rings is 1. The third-order valence-corrected chi connectivity index (χ3v) is 4.47. The van der Waals surface area contributed by atoms with E-state index < -0.39 is 24.0 Å². The van der Waals surface area contributed by atoms with Crippen LogP contribution in [0.3, 0.4) is 0 Å². The summed E-state index contributed by atoms with van der Waals surface area (Å²) in [6, 6.07) is 1.16. The van der Waals surface area contributed by atoms with Gasteiger partial charge in [-0.15, -0.1) is 11.3 Å². The molecule has 1 atom stereocenters. The van der Waals surface area contributed by atoms with Crippen LogP contribution in [0.2, 0.25) is 0 Å². The molecule has 1 aliphatic rings. The molecule has 1 aromatic rings. The molecule has 1 aliphatic carbocycles. The summed E-state index contributed by atoms with van der Waals surface area (Å²) >= 11 is 1.42. The summed E-state index contributed by atoms with van der Waals surface area (Å²) in [6.45, 7) is 5.00. The van der Waals surface area contributed by atoms with Crippen LogP contribution in [0.5, 0.6) is 0 Å². The number of fused-ring (bicyclic) bond motifs is 1. The van der Waals surface area contributed by atoms with Gasteiger partial charge in [0.25, 0.3) is 5.91 Å². The van der Waals surface area contributed by atoms with Crippen molar-refractivity contribution in [1.82, 2.24) is 10.6 Å². The number of carbonyl (C=O) groups excluding carboxylic acids is 3. The Hall–Kier alpha value is -1.89. The lowest BCUT2D eigenvalue weighted by Gasteiger charge is -2.13. The first-order chi connectivity index (χ1) is 10.4. The number of carbonyl (C=O) groups is 3. The second-order valence-electron chi connectivity index (χ2n) is 5.58. The Labute approximate surface area is 133 Å². The number of esters is 1. The lowest BCUT2D eigenvalue weighted by atomic mass is 10.2. The third-order valence-electron chi connectivity index (χ3n) is 3.26. The monoisotopic (exact) mass is 324 g/mol. The summed E-state index contributed by atoms with van der Waals surface area (Å²) in [5.41, 5.74) is 1.20. The predicted octanol–water partition coefficient (Wildman–Crippen LogP) is 2.02. The van der Waals surface area contributed by atoms with Gasteiger partial charge in [0, 0.05) is 10.9 Å². The average Bonchev–Trinajstić information content (AvgIpc) is 2.97. The highest BCUT2D eigenvalue weighted by molar-refractivity contribution is 7.14. The number of amides is 3. The molecule has 0 saturated heterocycles. The molecule has 0 fully saturated rings. The molecule has 1 heterocycles.